The average molecular weight is 790 g/mol. The molecule has 1 aliphatic heterocycles. The summed E-state index contributed by atoms with van der Waals surface area (Å²) in [6.07, 6.45) is 1.89. The second kappa shape index (κ2) is 17.8. The molecule has 13 nitrogen and oxygen atoms in total. The second-order valence-corrected chi connectivity index (χ2v) is 18.2. The van der Waals surface area contributed by atoms with Gasteiger partial charge in [0.15, 0.2) is 0 Å². The number of hydrogen-bond donors (Lipinski definition) is 3. The Morgan fingerprint density at radius 1 is 1.05 bits per heavy atom. The lowest BCUT2D eigenvalue weighted by molar-refractivity contribution is -0.130. The van der Waals surface area contributed by atoms with Crippen LogP contribution in [0.4, 0.5) is 4.79 Å². The van der Waals surface area contributed by atoms with E-state index < -0.39 is 39.5 Å². The molecular weight excluding hydrogens is 739 g/mol. The molecule has 1 saturated heterocycles. The Labute approximate surface area is 327 Å². The minimum atomic E-state index is -4.08. The highest BCUT2D eigenvalue weighted by Gasteiger charge is 2.44. The molecule has 15 heteroatoms. The molecule has 0 aliphatic carbocycles. The molecule has 0 radical (unpaired) electrons. The Kier molecular flexibility index (Phi) is 13.4. The number of aliphatic hydroxyl groups excluding tert-OH is 1. The topological polar surface area (TPSA) is 169 Å². The third-order valence-corrected chi connectivity index (χ3v) is 12.1. The van der Waals surface area contributed by atoms with Crippen LogP contribution in [0.1, 0.15) is 57.1 Å². The summed E-state index contributed by atoms with van der Waals surface area (Å²) in [5.41, 5.74) is 3.23. The van der Waals surface area contributed by atoms with Gasteiger partial charge < -0.3 is 25.4 Å². The smallest absolute Gasteiger partial charge is 0.321 e. The van der Waals surface area contributed by atoms with Crippen molar-refractivity contribution < 1.29 is 28.3 Å². The number of pyridine rings is 1. The number of aliphatic hydroxyl groups is 1. The van der Waals surface area contributed by atoms with Gasteiger partial charge in [-0.1, -0.05) is 82.2 Å². The number of nitrogens with zero attached hydrogens (tertiary/aromatic N) is 6. The monoisotopic (exact) mass is 789 g/mol. The van der Waals surface area contributed by atoms with E-state index in [0.29, 0.717) is 18.7 Å². The Morgan fingerprint density at radius 2 is 1.76 bits per heavy atom. The number of thiazole rings is 1. The van der Waals surface area contributed by atoms with E-state index in [1.807, 2.05) is 89.4 Å². The zero-order valence-electron chi connectivity index (χ0n) is 32.2. The maximum absolute atomic E-state index is 14.4. The van der Waals surface area contributed by atoms with Crippen LogP contribution in [0.2, 0.25) is 0 Å². The molecule has 1 aliphatic rings. The minimum Gasteiger partial charge on any atom is -0.411 e. The fraction of sp³-hybridized carbons (Fsp3) is 0.425. The number of amides is 3. The van der Waals surface area contributed by atoms with E-state index in [4.69, 9.17) is 10.2 Å². The van der Waals surface area contributed by atoms with Gasteiger partial charge in [0.05, 0.1) is 35.5 Å². The number of aryl methyl sites for hydroxylation is 1. The summed E-state index contributed by atoms with van der Waals surface area (Å²) in [5.74, 6) is -0.514. The Morgan fingerprint density at radius 3 is 2.38 bits per heavy atom. The maximum Gasteiger partial charge on any atom is 0.321 e. The van der Waals surface area contributed by atoms with Crippen molar-refractivity contribution in [2.45, 2.75) is 77.6 Å². The van der Waals surface area contributed by atoms with Gasteiger partial charge in [0, 0.05) is 49.0 Å². The molecule has 1 unspecified atom stereocenters. The molecule has 55 heavy (non-hydrogen) atoms. The fourth-order valence-corrected chi connectivity index (χ4v) is 9.08. The zero-order valence-corrected chi connectivity index (χ0v) is 33.8. The summed E-state index contributed by atoms with van der Waals surface area (Å²) in [5, 5.41) is 29.5. The van der Waals surface area contributed by atoms with Crippen molar-refractivity contribution in [1.29, 1.82) is 0 Å². The minimum absolute atomic E-state index is 0.0185. The van der Waals surface area contributed by atoms with Gasteiger partial charge >= 0.3 is 6.03 Å². The van der Waals surface area contributed by atoms with Crippen molar-refractivity contribution in [2.24, 2.45) is 16.5 Å². The maximum atomic E-state index is 14.4. The highest BCUT2D eigenvalue weighted by atomic mass is 32.2. The molecule has 5 rings (SSSR count). The number of nitrogens with one attached hydrogen (secondary N) is 1. The molecule has 294 valence electrons. The number of urea groups is 1. The lowest BCUT2D eigenvalue weighted by Crippen LogP contribution is -2.59. The molecule has 0 bridgehead atoms. The molecule has 3 N–H and O–H groups in total. The molecule has 2 aromatic heterocycles. The van der Waals surface area contributed by atoms with E-state index in [-0.39, 0.29) is 42.9 Å². The number of rotatable bonds is 16. The first-order chi connectivity index (χ1) is 26.1. The molecule has 3 amide bonds. The van der Waals surface area contributed by atoms with Gasteiger partial charge in [-0.3, -0.25) is 9.78 Å². The zero-order chi connectivity index (χ0) is 39.9. The van der Waals surface area contributed by atoms with Gasteiger partial charge in [-0.2, -0.15) is 4.31 Å². The Balaban J connectivity index is 1.36. The van der Waals surface area contributed by atoms with Gasteiger partial charge in [0.2, 0.25) is 15.9 Å². The van der Waals surface area contributed by atoms with Crippen LogP contribution in [0.3, 0.4) is 0 Å². The Hall–Kier alpha value is -4.70. The van der Waals surface area contributed by atoms with Crippen LogP contribution < -0.4 is 5.32 Å². The van der Waals surface area contributed by atoms with E-state index in [1.54, 1.807) is 16.0 Å². The van der Waals surface area contributed by atoms with E-state index in [9.17, 15) is 23.1 Å². The predicted octanol–water partition coefficient (Wildman–Crippen LogP) is 5.41. The number of carbonyl (C=O) groups excluding carboxylic acids is 2. The standard InChI is InChI=1S/C40H51N7O6S2/c1-27(2)23-46(55(52,53)33-16-13-30(14-17-33)21-42-51)25-35(48)34(20-29-10-8-7-9-11-29)44-37(49)36(40(4,5)6)47-19-18-45(39(47)50)24-32-26-54-38(43-32)31-15-12-28(3)41-22-31/h7-17,21-22,26-27,34-36,48,51H,18-20,23-25H2,1-6H3,(H,44,49)/b42-21+/t34-,35+,36?/m0/s1. The molecule has 1 fully saturated rings. The summed E-state index contributed by atoms with van der Waals surface area (Å²) in [7, 11) is -4.08. The van der Waals surface area contributed by atoms with Crippen molar-refractivity contribution in [2.75, 3.05) is 26.2 Å². The summed E-state index contributed by atoms with van der Waals surface area (Å²) in [4.78, 5) is 40.8. The molecule has 3 atom stereocenters. The van der Waals surface area contributed by atoms with Crippen LogP contribution in [-0.2, 0) is 27.8 Å². The summed E-state index contributed by atoms with van der Waals surface area (Å²) < 4.78 is 29.2. The Bertz CT molecular complexity index is 2030. The van der Waals surface area contributed by atoms with Crippen molar-refractivity contribution in [3.8, 4) is 10.6 Å². The van der Waals surface area contributed by atoms with Crippen molar-refractivity contribution in [3.05, 3.63) is 101 Å². The molecule has 4 aromatic rings. The number of sulfonamides is 1. The number of aromatic nitrogens is 2. The van der Waals surface area contributed by atoms with Crippen LogP contribution >= 0.6 is 11.3 Å². The van der Waals surface area contributed by atoms with Crippen molar-refractivity contribution in [3.63, 3.8) is 0 Å². The highest BCUT2D eigenvalue weighted by Crippen LogP contribution is 2.30. The van der Waals surface area contributed by atoms with Gasteiger partial charge in [-0.25, -0.2) is 18.2 Å². The number of oxime groups is 1. The van der Waals surface area contributed by atoms with E-state index >= 15 is 0 Å². The highest BCUT2D eigenvalue weighted by molar-refractivity contribution is 7.89. The number of benzene rings is 2. The normalized spacial score (nSPS) is 15.6. The summed E-state index contributed by atoms with van der Waals surface area (Å²) in [6, 6.07) is 17.1. The summed E-state index contributed by atoms with van der Waals surface area (Å²) in [6.45, 7) is 12.2. The molecule has 0 saturated carbocycles. The molecule has 2 aromatic carbocycles. The van der Waals surface area contributed by atoms with Crippen LogP contribution in [0, 0.1) is 18.3 Å². The van der Waals surface area contributed by atoms with Crippen LogP contribution in [0.25, 0.3) is 10.6 Å². The predicted molar refractivity (Wildman–Crippen MR) is 213 cm³/mol. The van der Waals surface area contributed by atoms with Crippen molar-refractivity contribution in [1.82, 2.24) is 29.4 Å². The average Bonchev–Trinajstić information content (AvgIpc) is 3.74. The fourth-order valence-electron chi connectivity index (χ4n) is 6.66. The van der Waals surface area contributed by atoms with E-state index in [2.05, 4.69) is 15.5 Å². The number of hydrogen-bond acceptors (Lipinski definition) is 10. The van der Waals surface area contributed by atoms with Gasteiger partial charge in [-0.15, -0.1) is 11.3 Å². The van der Waals surface area contributed by atoms with Crippen LogP contribution in [-0.4, -0.2) is 105 Å². The van der Waals surface area contributed by atoms with Crippen LogP contribution in [0.5, 0.6) is 0 Å². The number of carbonyl (C=O) groups is 2. The third-order valence-electron chi connectivity index (χ3n) is 9.35. The van der Waals surface area contributed by atoms with Crippen LogP contribution in [0.15, 0.2) is 88.4 Å². The van der Waals surface area contributed by atoms with Gasteiger partial charge in [0.25, 0.3) is 0 Å². The lowest BCUT2D eigenvalue weighted by atomic mass is 9.84. The first kappa shape index (κ1) is 41.5. The quantitative estimate of drug-likeness (QED) is 0.0770. The third kappa shape index (κ3) is 10.5. The first-order valence-electron chi connectivity index (χ1n) is 18.3. The first-order valence-corrected chi connectivity index (χ1v) is 20.6. The molecular formula is C40H51N7O6S2. The van der Waals surface area contributed by atoms with Crippen molar-refractivity contribution >= 4 is 39.5 Å². The van der Waals surface area contributed by atoms with E-state index in [1.165, 1.54) is 46.1 Å². The van der Waals surface area contributed by atoms with Gasteiger partial charge in [0.1, 0.15) is 11.0 Å². The van der Waals surface area contributed by atoms with E-state index in [0.717, 1.165) is 27.5 Å². The lowest BCUT2D eigenvalue weighted by Gasteiger charge is -2.38. The van der Waals surface area contributed by atoms with Gasteiger partial charge in [-0.05, 0) is 60.1 Å². The summed E-state index contributed by atoms with van der Waals surface area (Å²) >= 11 is 1.48. The SMILES string of the molecule is Cc1ccc(-c2nc(CN3CCN(C(C(=O)N[C@@H](Cc4ccccc4)[C@H](O)CN(CC(C)C)S(=O)(=O)c4ccc(/C=N/O)cc4)C(C)(C)C)C3=O)cs2)cn1. The largest absolute Gasteiger partial charge is 0.411 e. The molecule has 3 heterocycles. The molecule has 0 spiro atoms. The second-order valence-electron chi connectivity index (χ2n) is 15.4.